The number of rotatable bonds is 8. The van der Waals surface area contributed by atoms with Crippen LogP contribution in [0.5, 0.6) is 0 Å². The van der Waals surface area contributed by atoms with Gasteiger partial charge in [0.25, 0.3) is 0 Å². The summed E-state index contributed by atoms with van der Waals surface area (Å²) in [6.45, 7) is 6.82. The Morgan fingerprint density at radius 1 is 1.08 bits per heavy atom. The van der Waals surface area contributed by atoms with Crippen molar-refractivity contribution in [1.82, 2.24) is 0 Å². The molecule has 1 heteroatoms. The molecule has 0 heterocycles. The quantitative estimate of drug-likeness (QED) is 0.524. The first-order valence-corrected chi connectivity index (χ1v) is 5.64. The van der Waals surface area contributed by atoms with Crippen LogP contribution < -0.4 is 0 Å². The zero-order valence-corrected chi connectivity index (χ0v) is 9.38. The van der Waals surface area contributed by atoms with E-state index in [2.05, 4.69) is 20.8 Å². The standard InChI is InChI=1S/C12H24O/c1-4-11(2)7-5-8-12(3)9-6-10-13/h10-12H,4-9H2,1-3H3/t11-,12+/m0/s1. The molecule has 0 aromatic rings. The van der Waals surface area contributed by atoms with Gasteiger partial charge in [0.05, 0.1) is 0 Å². The van der Waals surface area contributed by atoms with Gasteiger partial charge in [-0.15, -0.1) is 0 Å². The summed E-state index contributed by atoms with van der Waals surface area (Å²) < 4.78 is 0. The Kier molecular flexibility index (Phi) is 8.07. The van der Waals surface area contributed by atoms with E-state index in [1.165, 1.54) is 25.7 Å². The van der Waals surface area contributed by atoms with Crippen molar-refractivity contribution in [2.24, 2.45) is 11.8 Å². The maximum Gasteiger partial charge on any atom is 0.120 e. The maximum atomic E-state index is 10.1. The van der Waals surface area contributed by atoms with E-state index in [1.54, 1.807) is 0 Å². The average Bonchev–Trinajstić information content (AvgIpc) is 2.14. The first-order valence-electron chi connectivity index (χ1n) is 5.64. The van der Waals surface area contributed by atoms with Crippen molar-refractivity contribution in [2.45, 2.75) is 59.3 Å². The van der Waals surface area contributed by atoms with Crippen molar-refractivity contribution in [3.05, 3.63) is 0 Å². The van der Waals surface area contributed by atoms with Crippen molar-refractivity contribution in [2.75, 3.05) is 0 Å². The highest BCUT2D eigenvalue weighted by Crippen LogP contribution is 2.17. The van der Waals surface area contributed by atoms with Gasteiger partial charge >= 0.3 is 0 Å². The maximum absolute atomic E-state index is 10.1. The van der Waals surface area contributed by atoms with Gasteiger partial charge in [-0.2, -0.15) is 0 Å². The molecule has 0 unspecified atom stereocenters. The van der Waals surface area contributed by atoms with Crippen molar-refractivity contribution in [1.29, 1.82) is 0 Å². The average molecular weight is 184 g/mol. The molecule has 0 aromatic carbocycles. The third-order valence-corrected chi connectivity index (χ3v) is 2.87. The number of aldehydes is 1. The lowest BCUT2D eigenvalue weighted by atomic mass is 9.95. The highest BCUT2D eigenvalue weighted by Gasteiger charge is 2.03. The molecule has 0 amide bonds. The molecular formula is C12H24O. The van der Waals surface area contributed by atoms with Gasteiger partial charge in [0.1, 0.15) is 6.29 Å². The Labute approximate surface area is 82.9 Å². The summed E-state index contributed by atoms with van der Waals surface area (Å²) >= 11 is 0. The summed E-state index contributed by atoms with van der Waals surface area (Å²) in [7, 11) is 0. The van der Waals surface area contributed by atoms with E-state index in [1.807, 2.05) is 0 Å². The molecule has 0 fully saturated rings. The van der Waals surface area contributed by atoms with Gasteiger partial charge in [-0.05, 0) is 18.3 Å². The first-order chi connectivity index (χ1) is 6.20. The number of carbonyl (C=O) groups is 1. The second kappa shape index (κ2) is 8.28. The van der Waals surface area contributed by atoms with Gasteiger partial charge in [0, 0.05) is 6.42 Å². The summed E-state index contributed by atoms with van der Waals surface area (Å²) in [4.78, 5) is 10.1. The van der Waals surface area contributed by atoms with Crippen molar-refractivity contribution in [3.8, 4) is 0 Å². The molecule has 0 saturated carbocycles. The molecule has 0 radical (unpaired) electrons. The third-order valence-electron chi connectivity index (χ3n) is 2.87. The molecule has 78 valence electrons. The van der Waals surface area contributed by atoms with Crippen molar-refractivity contribution in [3.63, 3.8) is 0 Å². The second-order valence-electron chi connectivity index (χ2n) is 4.29. The lowest BCUT2D eigenvalue weighted by Gasteiger charge is -2.11. The van der Waals surface area contributed by atoms with Gasteiger partial charge in [-0.25, -0.2) is 0 Å². The number of hydrogen-bond donors (Lipinski definition) is 0. The minimum Gasteiger partial charge on any atom is -0.303 e. The molecule has 0 rings (SSSR count). The van der Waals surface area contributed by atoms with Gasteiger partial charge in [0.2, 0.25) is 0 Å². The molecule has 1 nitrogen and oxygen atoms in total. The van der Waals surface area contributed by atoms with Crippen LogP contribution in [0.25, 0.3) is 0 Å². The smallest absolute Gasteiger partial charge is 0.120 e. The van der Waals surface area contributed by atoms with Crippen LogP contribution in [-0.2, 0) is 4.79 Å². The highest BCUT2D eigenvalue weighted by atomic mass is 16.1. The third kappa shape index (κ3) is 8.01. The largest absolute Gasteiger partial charge is 0.303 e. The second-order valence-corrected chi connectivity index (χ2v) is 4.29. The summed E-state index contributed by atoms with van der Waals surface area (Å²) in [5.41, 5.74) is 0. The fourth-order valence-corrected chi connectivity index (χ4v) is 1.52. The Bertz CT molecular complexity index is 120. The molecule has 0 saturated heterocycles. The summed E-state index contributed by atoms with van der Waals surface area (Å²) in [6, 6.07) is 0. The van der Waals surface area contributed by atoms with Gasteiger partial charge in [-0.1, -0.05) is 46.5 Å². The summed E-state index contributed by atoms with van der Waals surface area (Å²) in [5.74, 6) is 1.60. The van der Waals surface area contributed by atoms with Crippen LogP contribution >= 0.6 is 0 Å². The van der Waals surface area contributed by atoms with Crippen LogP contribution in [0.4, 0.5) is 0 Å². The minimum absolute atomic E-state index is 0.731. The fraction of sp³-hybridized carbons (Fsp3) is 0.917. The molecule has 0 N–H and O–H groups in total. The normalized spacial score (nSPS) is 15.3. The monoisotopic (exact) mass is 184 g/mol. The molecule has 0 aromatic heterocycles. The van der Waals surface area contributed by atoms with Crippen molar-refractivity contribution < 1.29 is 4.79 Å². The Morgan fingerprint density at radius 3 is 2.23 bits per heavy atom. The lowest BCUT2D eigenvalue weighted by Crippen LogP contribution is -1.98. The number of hydrogen-bond acceptors (Lipinski definition) is 1. The van der Waals surface area contributed by atoms with E-state index in [-0.39, 0.29) is 0 Å². The zero-order chi connectivity index (χ0) is 10.1. The van der Waals surface area contributed by atoms with Crippen LogP contribution in [0, 0.1) is 11.8 Å². The summed E-state index contributed by atoms with van der Waals surface area (Å²) in [6.07, 6.45) is 8.11. The zero-order valence-electron chi connectivity index (χ0n) is 9.38. The highest BCUT2D eigenvalue weighted by molar-refractivity contribution is 5.49. The fourth-order valence-electron chi connectivity index (χ4n) is 1.52. The van der Waals surface area contributed by atoms with E-state index in [0.29, 0.717) is 0 Å². The molecule has 0 aliphatic heterocycles. The molecule has 0 spiro atoms. The van der Waals surface area contributed by atoms with Crippen LogP contribution in [0.15, 0.2) is 0 Å². The van der Waals surface area contributed by atoms with E-state index in [0.717, 1.165) is 31.0 Å². The number of carbonyl (C=O) groups excluding carboxylic acids is 1. The molecular weight excluding hydrogens is 160 g/mol. The van der Waals surface area contributed by atoms with Crippen LogP contribution in [-0.4, -0.2) is 6.29 Å². The van der Waals surface area contributed by atoms with Gasteiger partial charge < -0.3 is 4.79 Å². The summed E-state index contributed by atoms with van der Waals surface area (Å²) in [5, 5.41) is 0. The first kappa shape index (κ1) is 12.7. The SMILES string of the molecule is CC[C@H](C)CCC[C@@H](C)CCC=O. The molecule has 2 atom stereocenters. The van der Waals surface area contributed by atoms with Crippen LogP contribution in [0.2, 0.25) is 0 Å². The Balaban J connectivity index is 3.25. The molecule has 0 aliphatic rings. The Morgan fingerprint density at radius 2 is 1.69 bits per heavy atom. The predicted octanol–water partition coefficient (Wildman–Crippen LogP) is 3.82. The van der Waals surface area contributed by atoms with Crippen LogP contribution in [0.1, 0.15) is 59.3 Å². The van der Waals surface area contributed by atoms with Crippen molar-refractivity contribution >= 4 is 6.29 Å². The molecule has 0 bridgehead atoms. The van der Waals surface area contributed by atoms with E-state index < -0.39 is 0 Å². The molecule has 0 aliphatic carbocycles. The van der Waals surface area contributed by atoms with Gasteiger partial charge in [-0.3, -0.25) is 0 Å². The van der Waals surface area contributed by atoms with E-state index in [4.69, 9.17) is 0 Å². The lowest BCUT2D eigenvalue weighted by molar-refractivity contribution is -0.108. The predicted molar refractivity (Wildman–Crippen MR) is 57.8 cm³/mol. The molecule has 13 heavy (non-hydrogen) atoms. The van der Waals surface area contributed by atoms with Crippen LogP contribution in [0.3, 0.4) is 0 Å². The van der Waals surface area contributed by atoms with E-state index in [9.17, 15) is 4.79 Å². The minimum atomic E-state index is 0.731. The topological polar surface area (TPSA) is 17.1 Å². The van der Waals surface area contributed by atoms with E-state index >= 15 is 0 Å². The van der Waals surface area contributed by atoms with Gasteiger partial charge in [0.15, 0.2) is 0 Å². The Hall–Kier alpha value is -0.330.